The number of para-hydroxylation sites is 1. The maximum absolute atomic E-state index is 12.5. The van der Waals surface area contributed by atoms with Crippen LogP contribution < -0.4 is 10.0 Å². The van der Waals surface area contributed by atoms with Gasteiger partial charge in [0.05, 0.1) is 28.1 Å². The Morgan fingerprint density at radius 3 is 2.50 bits per heavy atom. The lowest BCUT2D eigenvalue weighted by molar-refractivity contribution is -0.116. The molecule has 0 aliphatic rings. The zero-order chi connectivity index (χ0) is 20.0. The monoisotopic (exact) mass is 416 g/mol. The van der Waals surface area contributed by atoms with Crippen LogP contribution in [0.5, 0.6) is 0 Å². The van der Waals surface area contributed by atoms with Crippen molar-refractivity contribution in [3.63, 3.8) is 0 Å². The number of nitrogens with one attached hydrogen (secondary N) is 2. The Morgan fingerprint density at radius 1 is 1.07 bits per heavy atom. The summed E-state index contributed by atoms with van der Waals surface area (Å²) in [6.07, 6.45) is 6.07. The normalized spacial score (nSPS) is 11.5. The molecule has 0 unspecified atom stereocenters. The van der Waals surface area contributed by atoms with E-state index in [0.717, 1.165) is 5.56 Å². The quantitative estimate of drug-likeness (QED) is 0.568. The first-order valence-corrected chi connectivity index (χ1v) is 10.1. The van der Waals surface area contributed by atoms with Crippen LogP contribution in [0.15, 0.2) is 82.5 Å². The molecule has 0 atom stereocenters. The van der Waals surface area contributed by atoms with Crippen molar-refractivity contribution in [2.45, 2.75) is 11.4 Å². The highest BCUT2D eigenvalue weighted by atomic mass is 35.5. The summed E-state index contributed by atoms with van der Waals surface area (Å²) in [5, 5.41) is 3.03. The van der Waals surface area contributed by atoms with E-state index >= 15 is 0 Å². The standard InChI is InChI=1S/C20H17ClN2O4S/c21-18-3-1-2-4-19(18)23-28(25,26)17-8-5-15(6-9-17)7-10-20(24)22-13-16-11-12-27-14-16/h1-12,14,23H,13H2,(H,22,24)/b10-7+. The summed E-state index contributed by atoms with van der Waals surface area (Å²) in [6.45, 7) is 0.366. The highest BCUT2D eigenvalue weighted by Crippen LogP contribution is 2.24. The van der Waals surface area contributed by atoms with E-state index in [-0.39, 0.29) is 10.8 Å². The lowest BCUT2D eigenvalue weighted by Gasteiger charge is -2.09. The van der Waals surface area contributed by atoms with Gasteiger partial charge in [-0.3, -0.25) is 9.52 Å². The van der Waals surface area contributed by atoms with E-state index in [1.54, 1.807) is 54.8 Å². The van der Waals surface area contributed by atoms with Gasteiger partial charge in [0.15, 0.2) is 0 Å². The van der Waals surface area contributed by atoms with E-state index in [9.17, 15) is 13.2 Å². The van der Waals surface area contributed by atoms with Crippen molar-refractivity contribution in [2.24, 2.45) is 0 Å². The molecule has 28 heavy (non-hydrogen) atoms. The predicted molar refractivity (Wildman–Crippen MR) is 108 cm³/mol. The van der Waals surface area contributed by atoms with Gasteiger partial charge in [-0.1, -0.05) is 35.9 Å². The average molecular weight is 417 g/mol. The summed E-state index contributed by atoms with van der Waals surface area (Å²) >= 11 is 5.99. The number of rotatable bonds is 7. The Morgan fingerprint density at radius 2 is 1.82 bits per heavy atom. The molecular weight excluding hydrogens is 400 g/mol. The first-order chi connectivity index (χ1) is 13.4. The predicted octanol–water partition coefficient (Wildman–Crippen LogP) is 4.06. The lowest BCUT2D eigenvalue weighted by atomic mass is 10.2. The van der Waals surface area contributed by atoms with Gasteiger partial charge in [-0.2, -0.15) is 0 Å². The van der Waals surface area contributed by atoms with Gasteiger partial charge >= 0.3 is 0 Å². The van der Waals surface area contributed by atoms with Gasteiger partial charge in [0, 0.05) is 18.2 Å². The molecular formula is C20H17ClN2O4S. The zero-order valence-corrected chi connectivity index (χ0v) is 16.2. The van der Waals surface area contributed by atoms with Gasteiger partial charge in [0.1, 0.15) is 0 Å². The van der Waals surface area contributed by atoms with E-state index in [2.05, 4.69) is 10.0 Å². The summed E-state index contributed by atoms with van der Waals surface area (Å²) in [4.78, 5) is 11.9. The SMILES string of the molecule is O=C(/C=C/c1ccc(S(=O)(=O)Nc2ccccc2Cl)cc1)NCc1ccoc1. The largest absolute Gasteiger partial charge is 0.472 e. The number of hydrogen-bond acceptors (Lipinski definition) is 4. The molecule has 0 aliphatic carbocycles. The van der Waals surface area contributed by atoms with Crippen molar-refractivity contribution in [1.29, 1.82) is 0 Å². The number of benzene rings is 2. The summed E-state index contributed by atoms with van der Waals surface area (Å²) in [7, 11) is -3.76. The van der Waals surface area contributed by atoms with Crippen LogP contribution in [0.1, 0.15) is 11.1 Å². The van der Waals surface area contributed by atoms with E-state index in [1.807, 2.05) is 0 Å². The number of carbonyl (C=O) groups is 1. The smallest absolute Gasteiger partial charge is 0.261 e. The molecule has 2 aromatic carbocycles. The molecule has 0 saturated carbocycles. The molecule has 0 radical (unpaired) electrons. The minimum Gasteiger partial charge on any atom is -0.472 e. The first kappa shape index (κ1) is 19.7. The van der Waals surface area contributed by atoms with E-state index < -0.39 is 10.0 Å². The van der Waals surface area contributed by atoms with Gasteiger partial charge < -0.3 is 9.73 Å². The second-order valence-corrected chi connectivity index (χ2v) is 7.93. The second kappa shape index (κ2) is 8.77. The number of anilines is 1. The minimum atomic E-state index is -3.76. The maximum atomic E-state index is 12.5. The average Bonchev–Trinajstić information content (AvgIpc) is 3.20. The number of carbonyl (C=O) groups excluding carboxylic acids is 1. The Balaban J connectivity index is 1.62. The molecule has 8 heteroatoms. The minimum absolute atomic E-state index is 0.0916. The van der Waals surface area contributed by atoms with E-state index in [4.69, 9.17) is 16.0 Å². The number of hydrogen-bond donors (Lipinski definition) is 2. The maximum Gasteiger partial charge on any atom is 0.261 e. The second-order valence-electron chi connectivity index (χ2n) is 5.84. The fraction of sp³-hybridized carbons (Fsp3) is 0.0500. The fourth-order valence-corrected chi connectivity index (χ4v) is 3.64. The van der Waals surface area contributed by atoms with Crippen molar-refractivity contribution in [3.8, 4) is 0 Å². The molecule has 0 fully saturated rings. The molecule has 3 rings (SSSR count). The van der Waals surface area contributed by atoms with Crippen molar-refractivity contribution in [3.05, 3.63) is 89.3 Å². The van der Waals surface area contributed by atoms with Crippen LogP contribution in [0.3, 0.4) is 0 Å². The highest BCUT2D eigenvalue weighted by Gasteiger charge is 2.15. The summed E-state index contributed by atoms with van der Waals surface area (Å²) in [6, 6.07) is 14.5. The number of halogens is 1. The molecule has 144 valence electrons. The van der Waals surface area contributed by atoms with E-state index in [0.29, 0.717) is 22.8 Å². The van der Waals surface area contributed by atoms with Crippen molar-refractivity contribution >= 4 is 39.3 Å². The number of amides is 1. The van der Waals surface area contributed by atoms with Crippen molar-refractivity contribution in [1.82, 2.24) is 5.32 Å². The van der Waals surface area contributed by atoms with Crippen LogP contribution >= 0.6 is 11.6 Å². The molecule has 0 saturated heterocycles. The van der Waals surface area contributed by atoms with Crippen LogP contribution in [0.25, 0.3) is 6.08 Å². The third-order valence-electron chi connectivity index (χ3n) is 3.78. The molecule has 1 heterocycles. The van der Waals surface area contributed by atoms with Crippen LogP contribution in [-0.4, -0.2) is 14.3 Å². The molecule has 6 nitrogen and oxygen atoms in total. The zero-order valence-electron chi connectivity index (χ0n) is 14.6. The van der Waals surface area contributed by atoms with Crippen molar-refractivity contribution < 1.29 is 17.6 Å². The Labute approximate surface area is 167 Å². The van der Waals surface area contributed by atoms with Crippen LogP contribution in [0.4, 0.5) is 5.69 Å². The molecule has 1 amide bonds. The lowest BCUT2D eigenvalue weighted by Crippen LogP contribution is -2.19. The molecule has 0 aliphatic heterocycles. The Hall–Kier alpha value is -3.03. The fourth-order valence-electron chi connectivity index (χ4n) is 2.32. The third-order valence-corrected chi connectivity index (χ3v) is 5.49. The molecule has 0 bridgehead atoms. The third kappa shape index (κ3) is 5.25. The summed E-state index contributed by atoms with van der Waals surface area (Å²) < 4.78 is 32.3. The first-order valence-electron chi connectivity index (χ1n) is 8.28. The van der Waals surface area contributed by atoms with Gasteiger partial charge in [-0.25, -0.2) is 8.42 Å². The Kier molecular flexibility index (Phi) is 6.18. The van der Waals surface area contributed by atoms with E-state index in [1.165, 1.54) is 24.5 Å². The molecule has 2 N–H and O–H groups in total. The van der Waals surface area contributed by atoms with Crippen LogP contribution in [-0.2, 0) is 21.4 Å². The number of furan rings is 1. The van der Waals surface area contributed by atoms with Gasteiger partial charge in [0.25, 0.3) is 10.0 Å². The molecule has 0 spiro atoms. The van der Waals surface area contributed by atoms with Crippen LogP contribution in [0.2, 0.25) is 5.02 Å². The highest BCUT2D eigenvalue weighted by molar-refractivity contribution is 7.92. The van der Waals surface area contributed by atoms with Crippen molar-refractivity contribution in [2.75, 3.05) is 4.72 Å². The van der Waals surface area contributed by atoms with Gasteiger partial charge in [-0.05, 0) is 42.0 Å². The molecule has 3 aromatic rings. The van der Waals surface area contributed by atoms with Crippen LogP contribution in [0, 0.1) is 0 Å². The van der Waals surface area contributed by atoms with Gasteiger partial charge in [-0.15, -0.1) is 0 Å². The summed E-state index contributed by atoms with van der Waals surface area (Å²) in [5.74, 6) is -0.265. The topological polar surface area (TPSA) is 88.4 Å². The number of sulfonamides is 1. The Bertz CT molecular complexity index is 1080. The van der Waals surface area contributed by atoms with Gasteiger partial charge in [0.2, 0.25) is 5.91 Å². The molecule has 1 aromatic heterocycles. The summed E-state index contributed by atoms with van der Waals surface area (Å²) in [5.41, 5.74) is 1.86.